The molecule has 0 aromatic carbocycles. The molecule has 0 saturated heterocycles. The number of carbonyl (C=O) groups is 1. The number of nitrogens with one attached hydrogen (secondary N) is 2. The Kier molecular flexibility index (Phi) is 7.39. The van der Waals surface area contributed by atoms with E-state index >= 15 is 0 Å². The lowest BCUT2D eigenvalue weighted by Gasteiger charge is -2.19. The molecule has 0 heterocycles. The Labute approximate surface area is 111 Å². The van der Waals surface area contributed by atoms with Crippen LogP contribution >= 0.6 is 0 Å². The van der Waals surface area contributed by atoms with Gasteiger partial charge in [0, 0.05) is 27.2 Å². The van der Waals surface area contributed by atoms with Crippen LogP contribution in [0.4, 0.5) is 0 Å². The van der Waals surface area contributed by atoms with E-state index in [0.717, 1.165) is 19.5 Å². The van der Waals surface area contributed by atoms with Crippen LogP contribution in [0.1, 0.15) is 34.1 Å². The Morgan fingerprint density at radius 1 is 1.22 bits per heavy atom. The summed E-state index contributed by atoms with van der Waals surface area (Å²) in [4.78, 5) is 17.2. The van der Waals surface area contributed by atoms with Gasteiger partial charge in [0.1, 0.15) is 6.54 Å². The monoisotopic (exact) mass is 256 g/mol. The van der Waals surface area contributed by atoms with Crippen molar-refractivity contribution in [1.82, 2.24) is 15.5 Å². The van der Waals surface area contributed by atoms with Gasteiger partial charge >= 0.3 is 0 Å². The second kappa shape index (κ2) is 7.95. The van der Waals surface area contributed by atoms with Crippen molar-refractivity contribution in [3.05, 3.63) is 0 Å². The zero-order chi connectivity index (χ0) is 14.2. The van der Waals surface area contributed by atoms with Crippen molar-refractivity contribution in [3.63, 3.8) is 0 Å². The van der Waals surface area contributed by atoms with Gasteiger partial charge in [0.2, 0.25) is 5.91 Å². The molecule has 0 saturated carbocycles. The van der Waals surface area contributed by atoms with Crippen LogP contribution in [-0.4, -0.2) is 50.5 Å². The Balaban J connectivity index is 4.21. The number of nitrogens with zero attached hydrogens (tertiary/aromatic N) is 2. The minimum absolute atomic E-state index is 0.00280. The van der Waals surface area contributed by atoms with Crippen LogP contribution in [0.5, 0.6) is 0 Å². The van der Waals surface area contributed by atoms with Crippen LogP contribution in [0.2, 0.25) is 0 Å². The molecule has 0 aliphatic rings. The molecule has 0 aliphatic heterocycles. The summed E-state index contributed by atoms with van der Waals surface area (Å²) in [5, 5.41) is 6.37. The van der Waals surface area contributed by atoms with Crippen molar-refractivity contribution in [3.8, 4) is 0 Å². The molecule has 18 heavy (non-hydrogen) atoms. The zero-order valence-corrected chi connectivity index (χ0v) is 12.6. The van der Waals surface area contributed by atoms with Gasteiger partial charge < -0.3 is 15.5 Å². The molecule has 0 rings (SSSR count). The zero-order valence-electron chi connectivity index (χ0n) is 12.6. The largest absolute Gasteiger partial charge is 0.357 e. The van der Waals surface area contributed by atoms with Crippen LogP contribution in [0.15, 0.2) is 4.99 Å². The maximum Gasteiger partial charge on any atom is 0.243 e. The molecule has 0 bridgehead atoms. The van der Waals surface area contributed by atoms with E-state index in [2.05, 4.69) is 36.4 Å². The first-order valence-corrected chi connectivity index (χ1v) is 6.48. The van der Waals surface area contributed by atoms with Crippen LogP contribution in [-0.2, 0) is 4.79 Å². The summed E-state index contributed by atoms with van der Waals surface area (Å²) in [5.74, 6) is 0.708. The van der Waals surface area contributed by atoms with E-state index in [0.29, 0.717) is 11.4 Å². The van der Waals surface area contributed by atoms with Gasteiger partial charge in [-0.3, -0.25) is 4.79 Å². The molecular weight excluding hydrogens is 228 g/mol. The number of likely N-dealkylation sites (N-methyl/N-ethyl adjacent to an activating group) is 1. The van der Waals surface area contributed by atoms with Crippen LogP contribution in [0, 0.1) is 5.41 Å². The molecular formula is C13H28N4O. The predicted molar refractivity (Wildman–Crippen MR) is 76.7 cm³/mol. The molecule has 106 valence electrons. The van der Waals surface area contributed by atoms with E-state index in [4.69, 9.17) is 0 Å². The fourth-order valence-corrected chi connectivity index (χ4v) is 1.19. The molecule has 0 radical (unpaired) electrons. The van der Waals surface area contributed by atoms with E-state index in [1.54, 1.807) is 19.0 Å². The number of hydrogen-bond acceptors (Lipinski definition) is 2. The van der Waals surface area contributed by atoms with Gasteiger partial charge in [-0.15, -0.1) is 0 Å². The Morgan fingerprint density at radius 2 is 1.83 bits per heavy atom. The molecule has 0 aromatic rings. The number of aliphatic imine (C=N–C) groups is 1. The highest BCUT2D eigenvalue weighted by atomic mass is 16.2. The number of rotatable bonds is 5. The number of hydrogen-bond donors (Lipinski definition) is 2. The SMILES string of the molecule is CCNC(=NCC(=O)N(C)C)NCCC(C)(C)C. The van der Waals surface area contributed by atoms with Gasteiger partial charge in [-0.25, -0.2) is 4.99 Å². The lowest BCUT2D eigenvalue weighted by atomic mass is 9.92. The van der Waals surface area contributed by atoms with Gasteiger partial charge in [0.25, 0.3) is 0 Å². The van der Waals surface area contributed by atoms with Crippen molar-refractivity contribution < 1.29 is 4.79 Å². The standard InChI is InChI=1S/C13H28N4O/c1-7-14-12(15-9-8-13(2,3)4)16-10-11(18)17(5)6/h7-10H2,1-6H3,(H2,14,15,16). The fourth-order valence-electron chi connectivity index (χ4n) is 1.19. The summed E-state index contributed by atoms with van der Waals surface area (Å²) < 4.78 is 0. The maximum atomic E-state index is 11.4. The average molecular weight is 256 g/mol. The highest BCUT2D eigenvalue weighted by molar-refractivity contribution is 5.84. The van der Waals surface area contributed by atoms with Crippen molar-refractivity contribution in [1.29, 1.82) is 0 Å². The fraction of sp³-hybridized carbons (Fsp3) is 0.846. The quantitative estimate of drug-likeness (QED) is 0.571. The number of amides is 1. The highest BCUT2D eigenvalue weighted by Gasteiger charge is 2.10. The summed E-state index contributed by atoms with van der Waals surface area (Å²) in [7, 11) is 3.47. The van der Waals surface area contributed by atoms with E-state index in [1.165, 1.54) is 0 Å². The van der Waals surface area contributed by atoms with Crippen molar-refractivity contribution >= 4 is 11.9 Å². The van der Waals surface area contributed by atoms with Gasteiger partial charge in [-0.1, -0.05) is 20.8 Å². The van der Waals surface area contributed by atoms with Gasteiger partial charge in [-0.05, 0) is 18.8 Å². The normalized spacial score (nSPS) is 12.2. The lowest BCUT2D eigenvalue weighted by Crippen LogP contribution is -2.39. The first kappa shape index (κ1) is 16.7. The third-order valence-electron chi connectivity index (χ3n) is 2.38. The molecule has 0 spiro atoms. The Bertz CT molecular complexity index is 279. The van der Waals surface area contributed by atoms with E-state index < -0.39 is 0 Å². The molecule has 1 amide bonds. The molecule has 0 atom stereocenters. The van der Waals surface area contributed by atoms with Crippen LogP contribution in [0.3, 0.4) is 0 Å². The molecule has 5 heteroatoms. The summed E-state index contributed by atoms with van der Waals surface area (Å²) in [6, 6.07) is 0. The third kappa shape index (κ3) is 8.84. The molecule has 0 unspecified atom stereocenters. The molecule has 0 aromatic heterocycles. The molecule has 0 fully saturated rings. The minimum atomic E-state index is 0.00280. The van der Waals surface area contributed by atoms with E-state index in [-0.39, 0.29) is 12.5 Å². The number of carbonyl (C=O) groups excluding carboxylic acids is 1. The summed E-state index contributed by atoms with van der Waals surface area (Å²) in [6.45, 7) is 10.4. The van der Waals surface area contributed by atoms with E-state index in [1.807, 2.05) is 6.92 Å². The minimum Gasteiger partial charge on any atom is -0.357 e. The van der Waals surface area contributed by atoms with Crippen LogP contribution in [0.25, 0.3) is 0 Å². The van der Waals surface area contributed by atoms with Crippen LogP contribution < -0.4 is 10.6 Å². The topological polar surface area (TPSA) is 56.7 Å². The summed E-state index contributed by atoms with van der Waals surface area (Å²) in [6.07, 6.45) is 1.05. The second-order valence-electron chi connectivity index (χ2n) is 5.72. The van der Waals surface area contributed by atoms with E-state index in [9.17, 15) is 4.79 Å². The van der Waals surface area contributed by atoms with Crippen molar-refractivity contribution in [2.24, 2.45) is 10.4 Å². The maximum absolute atomic E-state index is 11.4. The van der Waals surface area contributed by atoms with Crippen molar-refractivity contribution in [2.45, 2.75) is 34.1 Å². The predicted octanol–water partition coefficient (Wildman–Crippen LogP) is 1.07. The van der Waals surface area contributed by atoms with Gasteiger partial charge in [0.15, 0.2) is 5.96 Å². The molecule has 5 nitrogen and oxygen atoms in total. The first-order valence-electron chi connectivity index (χ1n) is 6.48. The first-order chi connectivity index (χ1) is 8.26. The smallest absolute Gasteiger partial charge is 0.243 e. The molecule has 0 aliphatic carbocycles. The highest BCUT2D eigenvalue weighted by Crippen LogP contribution is 2.16. The Morgan fingerprint density at radius 3 is 2.28 bits per heavy atom. The van der Waals surface area contributed by atoms with Crippen molar-refractivity contribution in [2.75, 3.05) is 33.7 Å². The Hall–Kier alpha value is -1.26. The lowest BCUT2D eigenvalue weighted by molar-refractivity contribution is -0.127. The second-order valence-corrected chi connectivity index (χ2v) is 5.72. The van der Waals surface area contributed by atoms with Gasteiger partial charge in [-0.2, -0.15) is 0 Å². The molecule has 2 N–H and O–H groups in total. The third-order valence-corrected chi connectivity index (χ3v) is 2.38. The average Bonchev–Trinajstić information content (AvgIpc) is 2.23. The number of guanidine groups is 1. The summed E-state index contributed by atoms with van der Waals surface area (Å²) >= 11 is 0. The van der Waals surface area contributed by atoms with Gasteiger partial charge in [0.05, 0.1) is 0 Å². The summed E-state index contributed by atoms with van der Waals surface area (Å²) in [5.41, 5.74) is 0.295.